The van der Waals surface area contributed by atoms with Crippen molar-refractivity contribution in [1.29, 1.82) is 0 Å². The highest BCUT2D eigenvalue weighted by Gasteiger charge is 2.18. The van der Waals surface area contributed by atoms with Gasteiger partial charge in [0.25, 0.3) is 10.1 Å². The Kier molecular flexibility index (Phi) is 5.68. The highest BCUT2D eigenvalue weighted by molar-refractivity contribution is 7.85. The quantitative estimate of drug-likeness (QED) is 0.472. The molecule has 0 amide bonds. The van der Waals surface area contributed by atoms with Crippen molar-refractivity contribution in [1.82, 2.24) is 5.32 Å². The van der Waals surface area contributed by atoms with Crippen LogP contribution in [0.3, 0.4) is 0 Å². The van der Waals surface area contributed by atoms with E-state index in [0.717, 1.165) is 32.2 Å². The van der Waals surface area contributed by atoms with Crippen molar-refractivity contribution >= 4 is 10.1 Å². The van der Waals surface area contributed by atoms with Crippen LogP contribution in [0, 0.1) is 0 Å². The van der Waals surface area contributed by atoms with E-state index in [0.29, 0.717) is 18.5 Å². The number of hydrogen-bond donors (Lipinski definition) is 3. The molecule has 1 fully saturated rings. The first-order chi connectivity index (χ1) is 7.47. The first kappa shape index (κ1) is 13.9. The van der Waals surface area contributed by atoms with Crippen LogP contribution >= 0.6 is 0 Å². The van der Waals surface area contributed by atoms with E-state index in [9.17, 15) is 8.42 Å². The van der Waals surface area contributed by atoms with Crippen LogP contribution < -0.4 is 11.1 Å². The normalized spacial score (nSPS) is 26.9. The summed E-state index contributed by atoms with van der Waals surface area (Å²) in [5.41, 5.74) is 5.86. The summed E-state index contributed by atoms with van der Waals surface area (Å²) in [7, 11) is -3.79. The van der Waals surface area contributed by atoms with E-state index in [2.05, 4.69) is 5.32 Å². The molecular weight excluding hydrogens is 228 g/mol. The van der Waals surface area contributed by atoms with Crippen LogP contribution in [-0.2, 0) is 10.1 Å². The van der Waals surface area contributed by atoms with Crippen LogP contribution in [0.25, 0.3) is 0 Å². The molecule has 0 saturated heterocycles. The lowest BCUT2D eigenvalue weighted by Crippen LogP contribution is -2.39. The zero-order chi connectivity index (χ0) is 12.0. The molecule has 0 aliphatic heterocycles. The van der Waals surface area contributed by atoms with E-state index in [1.165, 1.54) is 6.42 Å². The highest BCUT2D eigenvalue weighted by atomic mass is 32.2. The van der Waals surface area contributed by atoms with Crippen LogP contribution in [-0.4, -0.2) is 37.4 Å². The van der Waals surface area contributed by atoms with Crippen molar-refractivity contribution in [2.45, 2.75) is 50.6 Å². The maximum atomic E-state index is 10.5. The van der Waals surface area contributed by atoms with Gasteiger partial charge in [-0.05, 0) is 38.6 Å². The summed E-state index contributed by atoms with van der Waals surface area (Å²) in [4.78, 5) is 0. The minimum absolute atomic E-state index is 0.140. The summed E-state index contributed by atoms with van der Waals surface area (Å²) in [5.74, 6) is -0.140. The van der Waals surface area contributed by atoms with Crippen molar-refractivity contribution < 1.29 is 13.0 Å². The van der Waals surface area contributed by atoms with Crippen molar-refractivity contribution in [3.63, 3.8) is 0 Å². The van der Waals surface area contributed by atoms with Gasteiger partial charge in [0.15, 0.2) is 0 Å². The molecule has 0 heterocycles. The summed E-state index contributed by atoms with van der Waals surface area (Å²) < 4.78 is 29.5. The average molecular weight is 250 g/mol. The maximum absolute atomic E-state index is 10.5. The second-order valence-electron chi connectivity index (χ2n) is 4.57. The van der Waals surface area contributed by atoms with Crippen LogP contribution in [0.5, 0.6) is 0 Å². The predicted octanol–water partition coefficient (Wildman–Crippen LogP) is 0.514. The van der Waals surface area contributed by atoms with Crippen molar-refractivity contribution in [2.24, 2.45) is 5.73 Å². The van der Waals surface area contributed by atoms with Gasteiger partial charge in [-0.25, -0.2) is 0 Å². The Morgan fingerprint density at radius 2 is 2.06 bits per heavy atom. The number of unbranched alkanes of at least 4 members (excludes halogenated alkanes) is 1. The highest BCUT2D eigenvalue weighted by Crippen LogP contribution is 2.16. The number of nitrogens with one attached hydrogen (secondary N) is 1. The Hall–Kier alpha value is -0.170. The number of nitrogens with two attached hydrogens (primary N) is 1. The van der Waals surface area contributed by atoms with Gasteiger partial charge in [-0.2, -0.15) is 8.42 Å². The first-order valence-corrected chi connectivity index (χ1v) is 7.52. The third kappa shape index (κ3) is 6.42. The molecule has 16 heavy (non-hydrogen) atoms. The third-order valence-corrected chi connectivity index (χ3v) is 3.78. The molecule has 0 aromatic rings. The van der Waals surface area contributed by atoms with Gasteiger partial charge in [-0.1, -0.05) is 6.42 Å². The van der Waals surface area contributed by atoms with Gasteiger partial charge >= 0.3 is 0 Å². The lowest BCUT2D eigenvalue weighted by atomic mass is 9.91. The number of hydrogen-bond acceptors (Lipinski definition) is 4. The molecule has 0 aromatic heterocycles. The molecule has 5 nitrogen and oxygen atoms in total. The summed E-state index contributed by atoms with van der Waals surface area (Å²) in [6, 6.07) is 0.790. The minimum atomic E-state index is -3.79. The van der Waals surface area contributed by atoms with E-state index in [4.69, 9.17) is 10.3 Å². The Morgan fingerprint density at radius 3 is 2.69 bits per heavy atom. The minimum Gasteiger partial charge on any atom is -0.328 e. The van der Waals surface area contributed by atoms with Crippen LogP contribution in [0.2, 0.25) is 0 Å². The van der Waals surface area contributed by atoms with Gasteiger partial charge < -0.3 is 11.1 Å². The monoisotopic (exact) mass is 250 g/mol. The van der Waals surface area contributed by atoms with Crippen LogP contribution in [0.1, 0.15) is 38.5 Å². The van der Waals surface area contributed by atoms with Crippen molar-refractivity contribution in [3.8, 4) is 0 Å². The van der Waals surface area contributed by atoms with Crippen molar-refractivity contribution in [2.75, 3.05) is 12.3 Å². The van der Waals surface area contributed by atoms with Gasteiger partial charge in [0.05, 0.1) is 5.75 Å². The Bertz CT molecular complexity index is 292. The molecule has 1 rings (SSSR count). The lowest BCUT2D eigenvalue weighted by Gasteiger charge is -2.27. The average Bonchev–Trinajstić information content (AvgIpc) is 2.15. The van der Waals surface area contributed by atoms with E-state index in [1.54, 1.807) is 0 Å². The summed E-state index contributed by atoms with van der Waals surface area (Å²) >= 11 is 0. The van der Waals surface area contributed by atoms with E-state index < -0.39 is 10.1 Å². The smallest absolute Gasteiger partial charge is 0.264 e. The maximum Gasteiger partial charge on any atom is 0.264 e. The zero-order valence-corrected chi connectivity index (χ0v) is 10.4. The molecule has 2 atom stereocenters. The largest absolute Gasteiger partial charge is 0.328 e. The second kappa shape index (κ2) is 6.54. The molecule has 0 aromatic carbocycles. The standard InChI is InChI=1S/C10H22N2O3S/c11-9-4-3-5-10(8-9)12-6-1-2-7-16(13,14)15/h9-10,12H,1-8,11H2,(H,13,14,15). The van der Waals surface area contributed by atoms with Gasteiger partial charge in [0.1, 0.15) is 0 Å². The van der Waals surface area contributed by atoms with Crippen LogP contribution in [0.15, 0.2) is 0 Å². The topological polar surface area (TPSA) is 92.4 Å². The molecule has 1 saturated carbocycles. The number of rotatable bonds is 6. The van der Waals surface area contributed by atoms with E-state index in [-0.39, 0.29) is 5.75 Å². The van der Waals surface area contributed by atoms with Gasteiger partial charge in [0.2, 0.25) is 0 Å². The molecule has 4 N–H and O–H groups in total. The van der Waals surface area contributed by atoms with Gasteiger partial charge in [-0.3, -0.25) is 4.55 Å². The van der Waals surface area contributed by atoms with Gasteiger partial charge in [0, 0.05) is 12.1 Å². The second-order valence-corrected chi connectivity index (χ2v) is 6.14. The molecule has 96 valence electrons. The molecule has 0 spiro atoms. The summed E-state index contributed by atoms with van der Waals surface area (Å²) in [5, 5.41) is 3.38. The van der Waals surface area contributed by atoms with E-state index >= 15 is 0 Å². The Balaban J connectivity index is 2.02. The zero-order valence-electron chi connectivity index (χ0n) is 9.56. The lowest BCUT2D eigenvalue weighted by molar-refractivity contribution is 0.338. The molecular formula is C10H22N2O3S. The molecule has 6 heteroatoms. The first-order valence-electron chi connectivity index (χ1n) is 5.91. The van der Waals surface area contributed by atoms with Gasteiger partial charge in [-0.15, -0.1) is 0 Å². The Morgan fingerprint density at radius 1 is 1.31 bits per heavy atom. The van der Waals surface area contributed by atoms with Crippen molar-refractivity contribution in [3.05, 3.63) is 0 Å². The van der Waals surface area contributed by atoms with E-state index in [1.807, 2.05) is 0 Å². The Labute approximate surface area is 97.5 Å². The fourth-order valence-electron chi connectivity index (χ4n) is 2.13. The summed E-state index contributed by atoms with van der Waals surface area (Å²) in [6.45, 7) is 0.799. The SMILES string of the molecule is NC1CCCC(NCCCCS(=O)(=O)O)C1. The molecule has 2 unspecified atom stereocenters. The van der Waals surface area contributed by atoms with Crippen LogP contribution in [0.4, 0.5) is 0 Å². The summed E-state index contributed by atoms with van der Waals surface area (Å²) in [6.07, 6.45) is 5.73. The fourth-order valence-corrected chi connectivity index (χ4v) is 2.70. The third-order valence-electron chi connectivity index (χ3n) is 2.98. The predicted molar refractivity (Wildman–Crippen MR) is 63.9 cm³/mol. The molecule has 0 bridgehead atoms. The molecule has 1 aliphatic rings. The molecule has 0 radical (unpaired) electrons. The molecule has 1 aliphatic carbocycles. The fraction of sp³-hybridized carbons (Fsp3) is 1.00.